The number of ether oxygens (including phenoxy) is 2. The van der Waals surface area contributed by atoms with Crippen molar-refractivity contribution in [2.75, 3.05) is 0 Å². The third-order valence-corrected chi connectivity index (χ3v) is 8.69. The molecule has 2 aromatic carbocycles. The smallest absolute Gasteiger partial charge is 0.327 e. The van der Waals surface area contributed by atoms with Crippen LogP contribution in [0, 0.1) is 0 Å². The Bertz CT molecular complexity index is 1560. The van der Waals surface area contributed by atoms with Crippen LogP contribution < -0.4 is 25.4 Å². The number of carbonyl (C=O) groups excluding carboxylic acids is 6. The van der Waals surface area contributed by atoms with E-state index in [0.717, 1.165) is 13.8 Å². The highest BCUT2D eigenvalue weighted by atomic mass is 32.2. The Morgan fingerprint density at radius 1 is 0.911 bits per heavy atom. The highest BCUT2D eigenvalue weighted by molar-refractivity contribution is 8.01. The summed E-state index contributed by atoms with van der Waals surface area (Å²) in [5, 5.41) is 16.8. The van der Waals surface area contributed by atoms with E-state index in [1.807, 2.05) is 0 Å². The zero-order chi connectivity index (χ0) is 33.2. The van der Waals surface area contributed by atoms with Crippen molar-refractivity contribution < 1.29 is 48.1 Å². The van der Waals surface area contributed by atoms with Crippen LogP contribution in [0.25, 0.3) is 0 Å². The second-order valence-corrected chi connectivity index (χ2v) is 12.7. The largest absolute Gasteiger partial charge is 0.480 e. The quantitative estimate of drug-likeness (QED) is 0.165. The first kappa shape index (κ1) is 33.0. The van der Waals surface area contributed by atoms with Gasteiger partial charge in [-0.2, -0.15) is 0 Å². The molecule has 2 fully saturated rings. The number of carboxylic acid groups (broad SMARTS) is 1. The van der Waals surface area contributed by atoms with Gasteiger partial charge in [0.1, 0.15) is 29.5 Å². The number of para-hydroxylation sites is 1. The van der Waals surface area contributed by atoms with Crippen LogP contribution in [0.4, 0.5) is 0 Å². The molecule has 2 heterocycles. The molecule has 2 aromatic rings. The monoisotopic (exact) mass is 640 g/mol. The van der Waals surface area contributed by atoms with E-state index in [0.29, 0.717) is 5.56 Å². The molecule has 45 heavy (non-hydrogen) atoms. The lowest BCUT2D eigenvalue weighted by molar-refractivity contribution is -0.161. The van der Waals surface area contributed by atoms with Gasteiger partial charge in [0.15, 0.2) is 11.5 Å². The molecule has 5 unspecified atom stereocenters. The maximum Gasteiger partial charge on any atom is 0.327 e. The predicted octanol–water partition coefficient (Wildman–Crippen LogP) is 1.14. The van der Waals surface area contributed by atoms with Crippen LogP contribution in [0.2, 0.25) is 0 Å². The molecule has 0 spiro atoms. The Hall–Kier alpha value is -4.92. The molecule has 0 bridgehead atoms. The van der Waals surface area contributed by atoms with Gasteiger partial charge in [-0.1, -0.05) is 36.4 Å². The van der Waals surface area contributed by atoms with Crippen LogP contribution in [0.3, 0.4) is 0 Å². The molecular formula is C30H32N4O10S. The maximum atomic E-state index is 13.5. The Balaban J connectivity index is 1.50. The van der Waals surface area contributed by atoms with E-state index >= 15 is 0 Å². The Morgan fingerprint density at radius 2 is 1.56 bits per heavy atom. The molecule has 5 atom stereocenters. The van der Waals surface area contributed by atoms with Crippen LogP contribution in [0.5, 0.6) is 11.5 Å². The molecule has 4 amide bonds. The average molecular weight is 641 g/mol. The minimum atomic E-state index is -1.28. The highest BCUT2D eigenvalue weighted by Crippen LogP contribution is 2.50. The minimum absolute atomic E-state index is 0.175. The van der Waals surface area contributed by atoms with E-state index in [1.54, 1.807) is 44.2 Å². The number of nitrogens with zero attached hydrogens (tertiary/aromatic N) is 1. The van der Waals surface area contributed by atoms with Crippen molar-refractivity contribution in [3.63, 3.8) is 0 Å². The first-order chi connectivity index (χ1) is 21.1. The van der Waals surface area contributed by atoms with Crippen LogP contribution in [0.1, 0.15) is 56.6 Å². The van der Waals surface area contributed by atoms with Crippen molar-refractivity contribution in [2.45, 2.75) is 68.9 Å². The summed E-state index contributed by atoms with van der Waals surface area (Å²) in [6, 6.07) is 7.69. The van der Waals surface area contributed by atoms with E-state index in [-0.39, 0.29) is 17.1 Å². The van der Waals surface area contributed by atoms with E-state index in [4.69, 9.17) is 9.47 Å². The lowest BCUT2D eigenvalue weighted by Gasteiger charge is -2.44. The number of fused-ring (bicyclic) bond motifs is 1. The molecule has 2 saturated heterocycles. The number of hydrogen-bond donors (Lipinski definition) is 4. The van der Waals surface area contributed by atoms with E-state index in [1.165, 1.54) is 41.8 Å². The van der Waals surface area contributed by atoms with Crippen LogP contribution >= 0.6 is 11.8 Å². The fourth-order valence-electron chi connectivity index (χ4n) is 5.11. The van der Waals surface area contributed by atoms with Crippen molar-refractivity contribution >= 4 is 53.3 Å². The summed E-state index contributed by atoms with van der Waals surface area (Å²) in [6.07, 6.45) is 0. The summed E-state index contributed by atoms with van der Waals surface area (Å²) in [7, 11) is 0. The molecule has 4 rings (SSSR count). The predicted molar refractivity (Wildman–Crippen MR) is 159 cm³/mol. The minimum Gasteiger partial charge on any atom is -0.480 e. The molecule has 0 aliphatic carbocycles. The van der Waals surface area contributed by atoms with E-state index in [2.05, 4.69) is 16.0 Å². The van der Waals surface area contributed by atoms with Crippen molar-refractivity contribution in [2.24, 2.45) is 0 Å². The number of benzene rings is 2. The van der Waals surface area contributed by atoms with Crippen LogP contribution in [0.15, 0.2) is 48.5 Å². The summed E-state index contributed by atoms with van der Waals surface area (Å²) in [5.41, 5.74) is 0.199. The van der Waals surface area contributed by atoms with Crippen LogP contribution in [-0.4, -0.2) is 79.8 Å². The molecule has 2 aliphatic heterocycles. The molecule has 0 radical (unpaired) electrons. The molecule has 0 aromatic heterocycles. The lowest BCUT2D eigenvalue weighted by atomic mass is 9.95. The summed E-state index contributed by atoms with van der Waals surface area (Å²) >= 11 is 1.26. The number of carbonyl (C=O) groups is 7. The van der Waals surface area contributed by atoms with Gasteiger partial charge >= 0.3 is 17.9 Å². The molecule has 14 nitrogen and oxygen atoms in total. The third kappa shape index (κ3) is 6.93. The summed E-state index contributed by atoms with van der Waals surface area (Å²) in [6.45, 7) is 7.03. The van der Waals surface area contributed by atoms with Crippen molar-refractivity contribution in [1.29, 1.82) is 0 Å². The van der Waals surface area contributed by atoms with Gasteiger partial charge in [-0.15, -0.1) is 11.8 Å². The number of carboxylic acids is 1. The van der Waals surface area contributed by atoms with Gasteiger partial charge in [0.25, 0.3) is 5.91 Å². The standard InChI is InChI=1S/C30H32N4O10S/c1-14(31-25(38)18-12-9-13-19(43-15(2)35)22(18)44-16(3)36)24(37)32-20(17-10-7-6-8-11-17)26(39)33-21-27(40)34-23(29(41)42)30(4,5)45-28(21)34/h6-14,20-21,23,28H,1-5H3,(H,31,38)(H,32,37)(H,33,39)(H,41,42). The van der Waals surface area contributed by atoms with E-state index in [9.17, 15) is 38.7 Å². The van der Waals surface area contributed by atoms with Crippen molar-refractivity contribution in [1.82, 2.24) is 20.9 Å². The number of thioether (sulfide) groups is 1. The third-order valence-electron chi connectivity index (χ3n) is 7.12. The summed E-state index contributed by atoms with van der Waals surface area (Å²) in [5.74, 6) is -5.98. The molecule has 238 valence electrons. The summed E-state index contributed by atoms with van der Waals surface area (Å²) < 4.78 is 9.38. The Labute approximate surface area is 262 Å². The molecule has 15 heteroatoms. The molecule has 2 aliphatic rings. The fraction of sp³-hybridized carbons (Fsp3) is 0.367. The van der Waals surface area contributed by atoms with Gasteiger partial charge in [-0.05, 0) is 38.5 Å². The van der Waals surface area contributed by atoms with Gasteiger partial charge in [0.2, 0.25) is 17.7 Å². The van der Waals surface area contributed by atoms with E-state index < -0.39 is 75.8 Å². The van der Waals surface area contributed by atoms with Crippen molar-refractivity contribution in [3.8, 4) is 11.5 Å². The van der Waals surface area contributed by atoms with Gasteiger partial charge in [0.05, 0.1) is 5.56 Å². The summed E-state index contributed by atoms with van der Waals surface area (Å²) in [4.78, 5) is 89.2. The zero-order valence-corrected chi connectivity index (χ0v) is 25.8. The Morgan fingerprint density at radius 3 is 2.16 bits per heavy atom. The number of aliphatic carboxylic acids is 1. The van der Waals surface area contributed by atoms with Gasteiger partial charge < -0.3 is 35.4 Å². The zero-order valence-electron chi connectivity index (χ0n) is 25.0. The average Bonchev–Trinajstić information content (AvgIpc) is 3.22. The van der Waals surface area contributed by atoms with Gasteiger partial charge in [-0.3, -0.25) is 28.8 Å². The maximum absolute atomic E-state index is 13.5. The molecule has 0 saturated carbocycles. The van der Waals surface area contributed by atoms with Crippen LogP contribution in [-0.2, 0) is 28.8 Å². The number of amides is 4. The normalized spacial score (nSPS) is 20.9. The number of β-lactam (4-membered cyclic amide) rings is 1. The van der Waals surface area contributed by atoms with Crippen molar-refractivity contribution in [3.05, 3.63) is 59.7 Å². The van der Waals surface area contributed by atoms with Gasteiger partial charge in [0, 0.05) is 18.6 Å². The number of rotatable bonds is 10. The highest BCUT2D eigenvalue weighted by Gasteiger charge is 2.64. The SMILES string of the molecule is CC(=O)Oc1cccc(C(=O)NC(C)C(=O)NC(C(=O)NC2C(=O)N3C2SC(C)(C)C3C(=O)O)c2ccccc2)c1OC(C)=O. The topological polar surface area (TPSA) is 198 Å². The number of hydrogen-bond acceptors (Lipinski definition) is 10. The fourth-order valence-corrected chi connectivity index (χ4v) is 6.74. The Kier molecular flexibility index (Phi) is 9.51. The van der Waals surface area contributed by atoms with Gasteiger partial charge in [-0.25, -0.2) is 4.79 Å². The number of esters is 2. The number of nitrogens with one attached hydrogen (secondary N) is 3. The molecular weight excluding hydrogens is 608 g/mol. The first-order valence-electron chi connectivity index (χ1n) is 13.8. The molecule has 4 N–H and O–H groups in total. The second-order valence-electron chi connectivity index (χ2n) is 11.0. The lowest BCUT2D eigenvalue weighted by Crippen LogP contribution is -2.71. The first-order valence-corrected chi connectivity index (χ1v) is 14.7. The second kappa shape index (κ2) is 13.0.